The topological polar surface area (TPSA) is 70.6 Å². The van der Waals surface area contributed by atoms with Crippen LogP contribution in [0.4, 0.5) is 5.69 Å². The second kappa shape index (κ2) is 11.3. The van der Waals surface area contributed by atoms with E-state index in [0.29, 0.717) is 36.9 Å². The van der Waals surface area contributed by atoms with E-state index in [2.05, 4.69) is 20.5 Å². The monoisotopic (exact) mass is 426 g/mol. The molecule has 0 aliphatic carbocycles. The molecular weight excluding hydrogens is 403 g/mol. The molecule has 0 aliphatic rings. The summed E-state index contributed by atoms with van der Waals surface area (Å²) in [5.41, 5.74) is 0.715. The minimum absolute atomic E-state index is 0.0620. The highest BCUT2D eigenvalue weighted by Crippen LogP contribution is 2.16. The smallest absolute Gasteiger partial charge is 0.225 e. The van der Waals surface area contributed by atoms with Gasteiger partial charge in [0, 0.05) is 53.7 Å². The number of carbonyl (C=O) groups is 1. The van der Waals surface area contributed by atoms with Crippen LogP contribution in [0, 0.1) is 9.85 Å². The van der Waals surface area contributed by atoms with Gasteiger partial charge in [-0.15, -0.1) is 0 Å². The molecule has 0 saturated heterocycles. The van der Waals surface area contributed by atoms with Crippen molar-refractivity contribution in [3.8, 4) is 15.6 Å². The molecule has 6 heteroatoms. The highest BCUT2D eigenvalue weighted by Gasteiger charge is 2.06. The molecule has 126 valence electrons. The number of anilines is 1. The molecule has 0 spiro atoms. The molecule has 23 heavy (non-hydrogen) atoms. The number of hydrogen-bond acceptors (Lipinski definition) is 4. The normalized spacial score (nSPS) is 11.5. The second-order valence-electron chi connectivity index (χ2n) is 5.37. The average Bonchev–Trinajstić information content (AvgIpc) is 2.52. The van der Waals surface area contributed by atoms with Gasteiger partial charge in [0.1, 0.15) is 18.5 Å². The van der Waals surface area contributed by atoms with Gasteiger partial charge < -0.3 is 20.5 Å². The largest absolute Gasteiger partial charge is 0.491 e. The summed E-state index contributed by atoms with van der Waals surface area (Å²) >= 11 is 1.95. The van der Waals surface area contributed by atoms with Crippen molar-refractivity contribution in [1.82, 2.24) is 5.32 Å². The molecule has 5 nitrogen and oxygen atoms in total. The zero-order valence-electron chi connectivity index (χ0n) is 13.4. The highest BCUT2D eigenvalue weighted by molar-refractivity contribution is 14.1. The number of ether oxygens (including phenoxy) is 1. The van der Waals surface area contributed by atoms with Gasteiger partial charge in [-0.3, -0.25) is 4.79 Å². The third-order valence-electron chi connectivity index (χ3n) is 2.89. The van der Waals surface area contributed by atoms with E-state index < -0.39 is 6.10 Å². The standard InChI is InChI=1S/C17H23IN2O3/c1-13(2)19-11-15(21)12-23-16-8-6-14(7-9-16)20-17(22)5-3-4-10-18/h6-9,13,15,19,21H,3,5,11-12H2,1-2H3,(H,20,22)/t15-/m0/s1/i18-4. The van der Waals surface area contributed by atoms with E-state index in [9.17, 15) is 9.90 Å². The third kappa shape index (κ3) is 9.43. The number of benzene rings is 1. The first-order valence-corrected chi connectivity index (χ1v) is 8.61. The quantitative estimate of drug-likeness (QED) is 0.420. The van der Waals surface area contributed by atoms with Crippen molar-refractivity contribution in [2.24, 2.45) is 0 Å². The van der Waals surface area contributed by atoms with Crippen LogP contribution >= 0.6 is 22.6 Å². The molecule has 0 aliphatic heterocycles. The minimum atomic E-state index is -0.559. The van der Waals surface area contributed by atoms with Crippen LogP contribution < -0.4 is 15.4 Å². The van der Waals surface area contributed by atoms with Crippen molar-refractivity contribution in [3.63, 3.8) is 0 Å². The summed E-state index contributed by atoms with van der Waals surface area (Å²) in [6.07, 6.45) is 0.373. The predicted octanol–water partition coefficient (Wildman–Crippen LogP) is 2.54. The van der Waals surface area contributed by atoms with E-state index in [1.54, 1.807) is 24.3 Å². The van der Waals surface area contributed by atoms with Crippen LogP contribution in [0.5, 0.6) is 5.75 Å². The van der Waals surface area contributed by atoms with Crippen molar-refractivity contribution in [2.75, 3.05) is 18.5 Å². The molecule has 1 aromatic carbocycles. The van der Waals surface area contributed by atoms with Gasteiger partial charge in [-0.1, -0.05) is 19.8 Å². The second-order valence-corrected chi connectivity index (χ2v) is 5.91. The van der Waals surface area contributed by atoms with Crippen molar-refractivity contribution in [3.05, 3.63) is 24.3 Å². The Morgan fingerprint density at radius 2 is 2.04 bits per heavy atom. The van der Waals surface area contributed by atoms with E-state index in [-0.39, 0.29) is 12.5 Å². The molecule has 0 radical (unpaired) electrons. The lowest BCUT2D eigenvalue weighted by Gasteiger charge is -2.15. The Morgan fingerprint density at radius 1 is 1.35 bits per heavy atom. The summed E-state index contributed by atoms with van der Waals surface area (Å²) in [4.78, 5) is 11.7. The SMILES string of the molecule is CC(C)NC[C@H](O)COc1ccc(NC(=O)CCC#C[123I])cc1. The van der Waals surface area contributed by atoms with E-state index >= 15 is 0 Å². The van der Waals surface area contributed by atoms with Gasteiger partial charge >= 0.3 is 0 Å². The van der Waals surface area contributed by atoms with Gasteiger partial charge in [0.05, 0.1) is 0 Å². The van der Waals surface area contributed by atoms with Crippen molar-refractivity contribution in [2.45, 2.75) is 38.8 Å². The Hall–Kier alpha value is -1.30. The molecule has 1 amide bonds. The van der Waals surface area contributed by atoms with Gasteiger partial charge in [-0.05, 0) is 28.2 Å². The molecule has 0 fully saturated rings. The van der Waals surface area contributed by atoms with E-state index in [4.69, 9.17) is 4.74 Å². The first-order chi connectivity index (χ1) is 11.0. The fourth-order valence-corrected chi connectivity index (χ4v) is 1.97. The van der Waals surface area contributed by atoms with Gasteiger partial charge in [0.15, 0.2) is 0 Å². The van der Waals surface area contributed by atoms with Gasteiger partial charge in [0.2, 0.25) is 5.91 Å². The molecule has 0 saturated carbocycles. The summed E-state index contributed by atoms with van der Waals surface area (Å²) in [7, 11) is 0. The molecule has 1 aromatic rings. The summed E-state index contributed by atoms with van der Waals surface area (Å²) in [6, 6.07) is 7.41. The molecule has 1 atom stereocenters. The zero-order chi connectivity index (χ0) is 17.1. The lowest BCUT2D eigenvalue weighted by atomic mass is 10.2. The molecule has 3 N–H and O–H groups in total. The van der Waals surface area contributed by atoms with Crippen LogP contribution in [0.15, 0.2) is 24.3 Å². The number of halogens is 1. The fourth-order valence-electron chi connectivity index (χ4n) is 1.70. The van der Waals surface area contributed by atoms with E-state index in [1.165, 1.54) is 0 Å². The van der Waals surface area contributed by atoms with Crippen LogP contribution in [0.2, 0.25) is 0 Å². The van der Waals surface area contributed by atoms with Crippen LogP contribution in [0.3, 0.4) is 0 Å². The van der Waals surface area contributed by atoms with Crippen LogP contribution in [0.25, 0.3) is 0 Å². The summed E-state index contributed by atoms with van der Waals surface area (Å²) in [5.74, 6) is 3.44. The Morgan fingerprint density at radius 3 is 2.65 bits per heavy atom. The summed E-state index contributed by atoms with van der Waals surface area (Å²) in [5, 5.41) is 15.7. The molecular formula is C17H23IN2O3. The van der Waals surface area contributed by atoms with Crippen LogP contribution in [-0.4, -0.2) is 36.3 Å². The summed E-state index contributed by atoms with van der Waals surface area (Å²) < 4.78 is 8.25. The Balaban J connectivity index is 2.35. The molecule has 0 heterocycles. The Labute approximate surface area is 151 Å². The van der Waals surface area contributed by atoms with Crippen molar-refractivity contribution in [1.29, 1.82) is 0 Å². The zero-order valence-corrected chi connectivity index (χ0v) is 15.6. The van der Waals surface area contributed by atoms with Gasteiger partial charge in [0.25, 0.3) is 0 Å². The minimum Gasteiger partial charge on any atom is -0.491 e. The van der Waals surface area contributed by atoms with E-state index in [1.807, 2.05) is 36.4 Å². The van der Waals surface area contributed by atoms with Crippen molar-refractivity contribution >= 4 is 34.2 Å². The van der Waals surface area contributed by atoms with E-state index in [0.717, 1.165) is 0 Å². The van der Waals surface area contributed by atoms with Gasteiger partial charge in [-0.25, -0.2) is 0 Å². The Kier molecular flexibility index (Phi) is 9.67. The lowest BCUT2D eigenvalue weighted by molar-refractivity contribution is -0.116. The predicted molar refractivity (Wildman–Crippen MR) is 101 cm³/mol. The molecule has 0 aromatic heterocycles. The van der Waals surface area contributed by atoms with Crippen LogP contribution in [0.1, 0.15) is 26.7 Å². The first kappa shape index (κ1) is 19.7. The number of aliphatic hydroxyl groups is 1. The number of rotatable bonds is 9. The molecule has 0 bridgehead atoms. The van der Waals surface area contributed by atoms with Crippen molar-refractivity contribution < 1.29 is 14.6 Å². The Bertz CT molecular complexity index is 535. The van der Waals surface area contributed by atoms with Gasteiger partial charge in [-0.2, -0.15) is 0 Å². The number of hydrogen-bond donors (Lipinski definition) is 3. The number of amides is 1. The van der Waals surface area contributed by atoms with Crippen LogP contribution in [-0.2, 0) is 4.79 Å². The fraction of sp³-hybridized carbons (Fsp3) is 0.471. The molecule has 0 unspecified atom stereocenters. The first-order valence-electron chi connectivity index (χ1n) is 7.54. The maximum Gasteiger partial charge on any atom is 0.225 e. The third-order valence-corrected chi connectivity index (χ3v) is 3.27. The maximum atomic E-state index is 11.7. The lowest BCUT2D eigenvalue weighted by Crippen LogP contribution is -2.35. The maximum absolute atomic E-state index is 11.7. The number of aliphatic hydroxyl groups excluding tert-OH is 1. The average molecular weight is 426 g/mol. The summed E-state index contributed by atoms with van der Waals surface area (Å²) in [6.45, 7) is 4.76. The molecule has 1 rings (SSSR count). The number of carbonyl (C=O) groups excluding carboxylic acids is 1. The number of nitrogens with one attached hydrogen (secondary N) is 2. The highest BCUT2D eigenvalue weighted by atomic mass is 123.